The van der Waals surface area contributed by atoms with Crippen molar-refractivity contribution in [3.8, 4) is 17.0 Å². The fourth-order valence-electron chi connectivity index (χ4n) is 3.37. The average molecular weight is 376 g/mol. The number of fused-ring (bicyclic) bond motifs is 1. The third-order valence-electron chi connectivity index (χ3n) is 4.87. The van der Waals surface area contributed by atoms with E-state index < -0.39 is 0 Å². The van der Waals surface area contributed by atoms with Crippen molar-refractivity contribution >= 4 is 5.91 Å². The monoisotopic (exact) mass is 376 g/mol. The third kappa shape index (κ3) is 3.64. The number of aromatic nitrogens is 2. The summed E-state index contributed by atoms with van der Waals surface area (Å²) in [6, 6.07) is 18.0. The number of ether oxygens (including phenoxy) is 1. The fraction of sp³-hybridized carbons (Fsp3) is 0.273. The molecule has 28 heavy (non-hydrogen) atoms. The van der Waals surface area contributed by atoms with Crippen molar-refractivity contribution in [2.75, 3.05) is 13.2 Å². The van der Waals surface area contributed by atoms with E-state index in [-0.39, 0.29) is 12.1 Å². The summed E-state index contributed by atoms with van der Waals surface area (Å²) in [5.74, 6) is 0.775. The molecule has 6 heteroatoms. The van der Waals surface area contributed by atoms with Gasteiger partial charge in [-0.05, 0) is 26.0 Å². The van der Waals surface area contributed by atoms with E-state index in [9.17, 15) is 4.79 Å². The molecule has 0 unspecified atom stereocenters. The molecule has 0 saturated carbocycles. The second-order valence-electron chi connectivity index (χ2n) is 6.87. The van der Waals surface area contributed by atoms with Crippen molar-refractivity contribution in [1.29, 1.82) is 0 Å². The van der Waals surface area contributed by atoms with Crippen LogP contribution in [0.1, 0.15) is 34.7 Å². The Morgan fingerprint density at radius 1 is 1.21 bits per heavy atom. The zero-order valence-corrected chi connectivity index (χ0v) is 16.1. The van der Waals surface area contributed by atoms with Crippen LogP contribution in [-0.2, 0) is 6.54 Å². The molecule has 0 saturated heterocycles. The van der Waals surface area contributed by atoms with E-state index in [1.807, 2.05) is 61.5 Å². The molecular weight excluding hydrogens is 352 g/mol. The van der Waals surface area contributed by atoms with Crippen LogP contribution in [0.4, 0.5) is 0 Å². The van der Waals surface area contributed by atoms with Gasteiger partial charge in [-0.15, -0.1) is 0 Å². The molecule has 6 nitrogen and oxygen atoms in total. The molecule has 2 aromatic carbocycles. The molecule has 0 radical (unpaired) electrons. The molecule has 1 aliphatic heterocycles. The Bertz CT molecular complexity index is 978. The Morgan fingerprint density at radius 3 is 2.79 bits per heavy atom. The van der Waals surface area contributed by atoms with Crippen LogP contribution in [0.3, 0.4) is 0 Å². The minimum Gasteiger partial charge on any atom is -0.494 e. The first kappa shape index (κ1) is 18.3. The van der Waals surface area contributed by atoms with Crippen LogP contribution in [0.2, 0.25) is 0 Å². The zero-order valence-electron chi connectivity index (χ0n) is 16.1. The van der Waals surface area contributed by atoms with Gasteiger partial charge in [0.25, 0.3) is 5.91 Å². The van der Waals surface area contributed by atoms with Crippen LogP contribution in [0.5, 0.6) is 5.75 Å². The van der Waals surface area contributed by atoms with E-state index in [2.05, 4.69) is 17.6 Å². The summed E-state index contributed by atoms with van der Waals surface area (Å²) in [4.78, 5) is 12.3. The van der Waals surface area contributed by atoms with Crippen LogP contribution in [0.15, 0.2) is 54.6 Å². The molecular formula is C22H24N4O2. The SMILES string of the molecule is CCOc1ccccc1CN[C@H]1CNC(=O)c2cc(-c3ccc(C)cc3)nn21. The summed E-state index contributed by atoms with van der Waals surface area (Å²) in [7, 11) is 0. The van der Waals surface area contributed by atoms with Crippen LogP contribution >= 0.6 is 0 Å². The quantitative estimate of drug-likeness (QED) is 0.693. The van der Waals surface area contributed by atoms with Gasteiger partial charge in [-0.3, -0.25) is 10.1 Å². The molecule has 1 aromatic heterocycles. The smallest absolute Gasteiger partial charge is 0.269 e. The maximum Gasteiger partial charge on any atom is 0.269 e. The number of hydrogen-bond donors (Lipinski definition) is 2. The molecule has 2 heterocycles. The number of para-hydroxylation sites is 1. The first-order chi connectivity index (χ1) is 13.7. The number of hydrogen-bond acceptors (Lipinski definition) is 4. The van der Waals surface area contributed by atoms with Gasteiger partial charge >= 0.3 is 0 Å². The molecule has 3 aromatic rings. The fourth-order valence-corrected chi connectivity index (χ4v) is 3.37. The maximum absolute atomic E-state index is 12.3. The largest absolute Gasteiger partial charge is 0.494 e. The van der Waals surface area contributed by atoms with Gasteiger partial charge < -0.3 is 10.1 Å². The zero-order chi connectivity index (χ0) is 19.5. The predicted molar refractivity (Wildman–Crippen MR) is 108 cm³/mol. The molecule has 1 amide bonds. The van der Waals surface area contributed by atoms with Crippen molar-refractivity contribution in [2.24, 2.45) is 0 Å². The topological polar surface area (TPSA) is 68.2 Å². The number of carbonyl (C=O) groups excluding carboxylic acids is 1. The average Bonchev–Trinajstić information content (AvgIpc) is 3.16. The molecule has 0 bridgehead atoms. The summed E-state index contributed by atoms with van der Waals surface area (Å²) in [5.41, 5.74) is 4.64. The number of rotatable bonds is 6. The summed E-state index contributed by atoms with van der Waals surface area (Å²) < 4.78 is 7.49. The van der Waals surface area contributed by atoms with Gasteiger partial charge in [-0.2, -0.15) is 5.10 Å². The van der Waals surface area contributed by atoms with E-state index in [1.54, 1.807) is 4.68 Å². The highest BCUT2D eigenvalue weighted by atomic mass is 16.5. The number of amides is 1. The van der Waals surface area contributed by atoms with Crippen molar-refractivity contribution in [2.45, 2.75) is 26.6 Å². The van der Waals surface area contributed by atoms with Crippen molar-refractivity contribution < 1.29 is 9.53 Å². The van der Waals surface area contributed by atoms with Crippen LogP contribution in [0.25, 0.3) is 11.3 Å². The van der Waals surface area contributed by atoms with Crippen molar-refractivity contribution in [1.82, 2.24) is 20.4 Å². The Kier molecular flexibility index (Phi) is 5.12. The first-order valence-corrected chi connectivity index (χ1v) is 9.54. The van der Waals surface area contributed by atoms with Crippen LogP contribution in [0, 0.1) is 6.92 Å². The Balaban J connectivity index is 1.57. The van der Waals surface area contributed by atoms with E-state index in [0.29, 0.717) is 25.4 Å². The highest BCUT2D eigenvalue weighted by Crippen LogP contribution is 2.24. The van der Waals surface area contributed by atoms with Gasteiger partial charge in [-0.25, -0.2) is 4.68 Å². The van der Waals surface area contributed by atoms with Gasteiger partial charge in [0.15, 0.2) is 0 Å². The number of carbonyl (C=O) groups is 1. The van der Waals surface area contributed by atoms with E-state index in [0.717, 1.165) is 22.6 Å². The molecule has 0 aliphatic carbocycles. The van der Waals surface area contributed by atoms with Crippen molar-refractivity contribution in [3.63, 3.8) is 0 Å². The summed E-state index contributed by atoms with van der Waals surface area (Å²) in [6.07, 6.45) is -0.124. The van der Waals surface area contributed by atoms with Gasteiger partial charge in [0, 0.05) is 17.7 Å². The molecule has 144 valence electrons. The summed E-state index contributed by atoms with van der Waals surface area (Å²) >= 11 is 0. The molecule has 4 rings (SSSR count). The minimum atomic E-state index is -0.124. The highest BCUT2D eigenvalue weighted by molar-refractivity contribution is 5.94. The lowest BCUT2D eigenvalue weighted by Crippen LogP contribution is -2.45. The molecule has 2 N–H and O–H groups in total. The molecule has 0 spiro atoms. The highest BCUT2D eigenvalue weighted by Gasteiger charge is 2.27. The second-order valence-corrected chi connectivity index (χ2v) is 6.87. The number of nitrogens with zero attached hydrogens (tertiary/aromatic N) is 2. The lowest BCUT2D eigenvalue weighted by Gasteiger charge is -2.26. The third-order valence-corrected chi connectivity index (χ3v) is 4.87. The summed E-state index contributed by atoms with van der Waals surface area (Å²) in [6.45, 7) is 5.76. The minimum absolute atomic E-state index is 0.0985. The van der Waals surface area contributed by atoms with Crippen molar-refractivity contribution in [3.05, 3.63) is 71.4 Å². The van der Waals surface area contributed by atoms with E-state index in [1.165, 1.54) is 5.56 Å². The van der Waals surface area contributed by atoms with Gasteiger partial charge in [0.1, 0.15) is 17.6 Å². The normalized spacial score (nSPS) is 15.8. The maximum atomic E-state index is 12.3. The van der Waals surface area contributed by atoms with Crippen LogP contribution in [-0.4, -0.2) is 28.8 Å². The Morgan fingerprint density at radius 2 is 2.00 bits per heavy atom. The Hall–Kier alpha value is -3.12. The lowest BCUT2D eigenvalue weighted by atomic mass is 10.1. The van der Waals surface area contributed by atoms with Crippen LogP contribution < -0.4 is 15.4 Å². The van der Waals surface area contributed by atoms with E-state index in [4.69, 9.17) is 9.84 Å². The molecule has 1 aliphatic rings. The number of aryl methyl sites for hydroxylation is 1. The number of benzene rings is 2. The predicted octanol–water partition coefficient (Wildman–Crippen LogP) is 3.29. The standard InChI is InChI=1S/C22H24N4O2/c1-3-28-20-7-5-4-6-17(20)13-23-21-14-24-22(27)19-12-18(25-26(19)21)16-10-8-15(2)9-11-16/h4-12,21,23H,3,13-14H2,1-2H3,(H,24,27)/t21-/m1/s1. The lowest BCUT2D eigenvalue weighted by molar-refractivity contribution is 0.0900. The number of nitrogens with one attached hydrogen (secondary N) is 2. The van der Waals surface area contributed by atoms with Gasteiger partial charge in [0.2, 0.25) is 0 Å². The molecule has 1 atom stereocenters. The van der Waals surface area contributed by atoms with Gasteiger partial charge in [0.05, 0.1) is 18.8 Å². The van der Waals surface area contributed by atoms with Gasteiger partial charge in [-0.1, -0.05) is 48.0 Å². The second kappa shape index (κ2) is 7.86. The molecule has 0 fully saturated rings. The summed E-state index contributed by atoms with van der Waals surface area (Å²) in [5, 5.41) is 11.2. The Labute approximate surface area is 164 Å². The van der Waals surface area contributed by atoms with E-state index >= 15 is 0 Å². The first-order valence-electron chi connectivity index (χ1n) is 9.54.